The number of primary amides is 2. The van der Waals surface area contributed by atoms with Gasteiger partial charge in [-0.05, 0) is 56.2 Å². The number of anilines is 3. The number of rotatable bonds is 12. The van der Waals surface area contributed by atoms with Crippen LogP contribution in [0.15, 0.2) is 97.2 Å². The van der Waals surface area contributed by atoms with Crippen molar-refractivity contribution in [1.82, 2.24) is 24.9 Å². The molecule has 13 heteroatoms. The highest BCUT2D eigenvalue weighted by Gasteiger charge is 2.16. The van der Waals surface area contributed by atoms with Gasteiger partial charge in [0.2, 0.25) is 17.8 Å². The van der Waals surface area contributed by atoms with Crippen LogP contribution in [0.3, 0.4) is 0 Å². The maximum absolute atomic E-state index is 11.8. The van der Waals surface area contributed by atoms with Gasteiger partial charge in [0.25, 0.3) is 11.8 Å². The van der Waals surface area contributed by atoms with Gasteiger partial charge in [-0.1, -0.05) is 60.7 Å². The van der Waals surface area contributed by atoms with Crippen LogP contribution in [0.5, 0.6) is 0 Å². The van der Waals surface area contributed by atoms with Crippen LogP contribution in [-0.2, 0) is 11.2 Å². The fourth-order valence-corrected chi connectivity index (χ4v) is 5.53. The number of nitrogens with zero attached hydrogens (tertiary/aromatic N) is 6. The molecule has 0 aliphatic rings. The normalized spacial score (nSPS) is 10.6. The van der Waals surface area contributed by atoms with E-state index in [0.29, 0.717) is 48.6 Å². The molecule has 3 aromatic heterocycles. The highest BCUT2D eigenvalue weighted by molar-refractivity contribution is 5.93. The standard InChI is InChI=1S/C22H21N5O.C17H21N5O2/c1-27(12-11-16-14-24-18-10-6-5-9-17(16)18)22-25-19(13-20(26-22)21(23)28)15-7-3-2-4-8-15;1-4-22(5-2)17-20-14(10-15(21-17)16(18)24)12-7-6-8-13(9-12)19-11(3)23/h2-10,13-14,24H,11-12H2,1H3,(H2,23,28);6-10H,4-5H2,1-3H3,(H2,18,24)(H,19,23). The number of nitrogens with two attached hydrogens (primary N) is 2. The minimum Gasteiger partial charge on any atom is -0.364 e. The smallest absolute Gasteiger partial charge is 0.267 e. The number of hydrogen-bond donors (Lipinski definition) is 4. The van der Waals surface area contributed by atoms with Crippen molar-refractivity contribution in [3.05, 3.63) is 114 Å². The van der Waals surface area contributed by atoms with Crippen LogP contribution in [0.4, 0.5) is 17.6 Å². The molecule has 0 aliphatic carbocycles. The Morgan fingerprint density at radius 1 is 0.731 bits per heavy atom. The number of nitrogens with one attached hydrogen (secondary N) is 2. The molecule has 0 radical (unpaired) electrons. The van der Waals surface area contributed by atoms with Gasteiger partial charge in [-0.3, -0.25) is 14.4 Å². The first-order valence-corrected chi connectivity index (χ1v) is 16.9. The van der Waals surface area contributed by atoms with Crippen LogP contribution >= 0.6 is 0 Å². The third kappa shape index (κ3) is 9.13. The quantitative estimate of drug-likeness (QED) is 0.129. The molecular formula is C39H42N10O3. The van der Waals surface area contributed by atoms with Gasteiger partial charge in [0.1, 0.15) is 11.4 Å². The lowest BCUT2D eigenvalue weighted by Gasteiger charge is -2.19. The summed E-state index contributed by atoms with van der Waals surface area (Å²) in [6.45, 7) is 7.55. The topological polar surface area (TPSA) is 189 Å². The molecule has 0 bridgehead atoms. The Balaban J connectivity index is 0.000000204. The van der Waals surface area contributed by atoms with E-state index in [4.69, 9.17) is 11.5 Å². The molecular weight excluding hydrogens is 656 g/mol. The lowest BCUT2D eigenvalue weighted by molar-refractivity contribution is -0.114. The van der Waals surface area contributed by atoms with E-state index < -0.39 is 11.8 Å². The average Bonchev–Trinajstić information content (AvgIpc) is 3.57. The predicted octanol–water partition coefficient (Wildman–Crippen LogP) is 5.45. The van der Waals surface area contributed by atoms with E-state index in [1.807, 2.05) is 91.5 Å². The Morgan fingerprint density at radius 2 is 1.33 bits per heavy atom. The molecule has 3 heterocycles. The zero-order valence-corrected chi connectivity index (χ0v) is 29.6. The molecule has 0 fully saturated rings. The van der Waals surface area contributed by atoms with Gasteiger partial charge in [-0.25, -0.2) is 19.9 Å². The van der Waals surface area contributed by atoms with Gasteiger partial charge in [0.05, 0.1) is 11.4 Å². The number of benzene rings is 3. The zero-order chi connectivity index (χ0) is 37.2. The Morgan fingerprint density at radius 3 is 1.98 bits per heavy atom. The molecule has 0 saturated carbocycles. The number of likely N-dealkylation sites (N-methyl/N-ethyl adjacent to an activating group) is 1. The van der Waals surface area contributed by atoms with Crippen LogP contribution < -0.4 is 26.6 Å². The van der Waals surface area contributed by atoms with Crippen molar-refractivity contribution < 1.29 is 14.4 Å². The van der Waals surface area contributed by atoms with Gasteiger partial charge < -0.3 is 31.6 Å². The van der Waals surface area contributed by atoms with Crippen molar-refractivity contribution in [2.45, 2.75) is 27.2 Å². The Hall–Kier alpha value is -6.63. The van der Waals surface area contributed by atoms with Gasteiger partial charge >= 0.3 is 0 Å². The number of amides is 3. The third-order valence-corrected chi connectivity index (χ3v) is 8.26. The van der Waals surface area contributed by atoms with E-state index in [9.17, 15) is 14.4 Å². The number of aromatic nitrogens is 5. The number of aromatic amines is 1. The second-order valence-corrected chi connectivity index (χ2v) is 11.9. The lowest BCUT2D eigenvalue weighted by atomic mass is 10.1. The summed E-state index contributed by atoms with van der Waals surface area (Å²) in [5.41, 5.74) is 17.2. The minimum absolute atomic E-state index is 0.156. The van der Waals surface area contributed by atoms with E-state index >= 15 is 0 Å². The summed E-state index contributed by atoms with van der Waals surface area (Å²) in [4.78, 5) is 59.5. The molecule has 6 N–H and O–H groups in total. The van der Waals surface area contributed by atoms with Crippen molar-refractivity contribution in [2.24, 2.45) is 11.5 Å². The van der Waals surface area contributed by atoms with Crippen molar-refractivity contribution in [2.75, 3.05) is 41.8 Å². The summed E-state index contributed by atoms with van der Waals surface area (Å²) in [7, 11) is 1.92. The molecule has 0 atom stereocenters. The van der Waals surface area contributed by atoms with Gasteiger partial charge in [-0.2, -0.15) is 0 Å². The number of carbonyl (C=O) groups excluding carboxylic acids is 3. The minimum atomic E-state index is -0.606. The number of H-pyrrole nitrogens is 1. The molecule has 6 aromatic rings. The molecule has 6 rings (SSSR count). The summed E-state index contributed by atoms with van der Waals surface area (Å²) in [5, 5.41) is 3.94. The summed E-state index contributed by atoms with van der Waals surface area (Å²) in [6, 6.07) is 28.4. The maximum atomic E-state index is 11.8. The first kappa shape index (κ1) is 36.6. The Bertz CT molecular complexity index is 2180. The molecule has 0 saturated heterocycles. The van der Waals surface area contributed by atoms with Gasteiger partial charge in [-0.15, -0.1) is 0 Å². The number of fused-ring (bicyclic) bond motifs is 1. The number of hydrogen-bond acceptors (Lipinski definition) is 9. The average molecular weight is 699 g/mol. The van der Waals surface area contributed by atoms with Crippen molar-refractivity contribution in [3.63, 3.8) is 0 Å². The summed E-state index contributed by atoms with van der Waals surface area (Å²) in [6.07, 6.45) is 2.86. The first-order chi connectivity index (χ1) is 25.1. The second-order valence-electron chi connectivity index (χ2n) is 11.9. The molecule has 0 spiro atoms. The van der Waals surface area contributed by atoms with Crippen molar-refractivity contribution >= 4 is 46.2 Å². The molecule has 52 heavy (non-hydrogen) atoms. The monoisotopic (exact) mass is 698 g/mol. The largest absolute Gasteiger partial charge is 0.364 e. The van der Waals surface area contributed by atoms with Crippen molar-refractivity contribution in [1.29, 1.82) is 0 Å². The van der Waals surface area contributed by atoms with Crippen LogP contribution in [-0.4, -0.2) is 69.3 Å². The highest BCUT2D eigenvalue weighted by Crippen LogP contribution is 2.25. The van der Waals surface area contributed by atoms with E-state index in [1.165, 1.54) is 17.9 Å². The second kappa shape index (κ2) is 16.9. The zero-order valence-electron chi connectivity index (χ0n) is 29.6. The fraction of sp³-hybridized carbons (Fsp3) is 0.205. The van der Waals surface area contributed by atoms with Gasteiger partial charge in [0.15, 0.2) is 0 Å². The van der Waals surface area contributed by atoms with Crippen LogP contribution in [0.2, 0.25) is 0 Å². The SMILES string of the molecule is CCN(CC)c1nc(C(N)=O)cc(-c2cccc(NC(C)=O)c2)n1.CN(CCc1c[nH]c2ccccc12)c1nc(C(N)=O)cc(-c2ccccc2)n1. The highest BCUT2D eigenvalue weighted by atomic mass is 16.2. The van der Waals surface area contributed by atoms with Crippen molar-refractivity contribution in [3.8, 4) is 22.5 Å². The van der Waals surface area contributed by atoms with E-state index in [2.05, 4.69) is 42.4 Å². The number of para-hydroxylation sites is 1. The molecule has 3 amide bonds. The van der Waals surface area contributed by atoms with Gasteiger partial charge in [0, 0.05) is 67.5 Å². The number of carbonyl (C=O) groups is 3. The molecule has 3 aromatic carbocycles. The van der Waals surface area contributed by atoms with E-state index in [-0.39, 0.29) is 17.3 Å². The Kier molecular flexibility index (Phi) is 11.9. The van der Waals surface area contributed by atoms with E-state index in [1.54, 1.807) is 24.3 Å². The predicted molar refractivity (Wildman–Crippen MR) is 205 cm³/mol. The molecule has 0 aliphatic heterocycles. The fourth-order valence-electron chi connectivity index (χ4n) is 5.53. The van der Waals surface area contributed by atoms with Crippen LogP contribution in [0.25, 0.3) is 33.4 Å². The van der Waals surface area contributed by atoms with Crippen LogP contribution in [0.1, 0.15) is 47.3 Å². The summed E-state index contributed by atoms with van der Waals surface area (Å²) >= 11 is 0. The molecule has 13 nitrogen and oxygen atoms in total. The third-order valence-electron chi connectivity index (χ3n) is 8.26. The summed E-state index contributed by atoms with van der Waals surface area (Å²) in [5.74, 6) is -0.390. The summed E-state index contributed by atoms with van der Waals surface area (Å²) < 4.78 is 0. The van der Waals surface area contributed by atoms with Crippen LogP contribution in [0, 0.1) is 0 Å². The molecule has 0 unspecified atom stereocenters. The maximum Gasteiger partial charge on any atom is 0.267 e. The van der Waals surface area contributed by atoms with E-state index in [0.717, 1.165) is 23.1 Å². The first-order valence-electron chi connectivity index (χ1n) is 16.9. The lowest BCUT2D eigenvalue weighted by Crippen LogP contribution is -2.26. The molecule has 266 valence electrons. The Labute approximate surface area is 302 Å².